The Kier molecular flexibility index (Phi) is 5.71. The van der Waals surface area contributed by atoms with Crippen molar-refractivity contribution in [2.24, 2.45) is 0 Å². The summed E-state index contributed by atoms with van der Waals surface area (Å²) in [6, 6.07) is 54.8. The second kappa shape index (κ2) is 10.0. The molecule has 9 aromatic rings. The van der Waals surface area contributed by atoms with Crippen molar-refractivity contribution in [3.63, 3.8) is 0 Å². The van der Waals surface area contributed by atoms with Gasteiger partial charge in [-0.3, -0.25) is 0 Å². The van der Waals surface area contributed by atoms with Gasteiger partial charge in [0.15, 0.2) is 0 Å². The molecule has 0 aliphatic heterocycles. The van der Waals surface area contributed by atoms with Crippen molar-refractivity contribution < 1.29 is 0 Å². The van der Waals surface area contributed by atoms with Crippen LogP contribution in [0.25, 0.3) is 63.7 Å². The molecule has 0 unspecified atom stereocenters. The molecule has 0 atom stereocenters. The molecular weight excluding hydrogens is 553 g/mol. The zero-order chi connectivity index (χ0) is 29.0. The Morgan fingerprint density at radius 1 is 0.432 bits per heavy atom. The number of rotatable bonds is 4. The molecule has 0 amide bonds. The van der Waals surface area contributed by atoms with Crippen LogP contribution in [0, 0.1) is 0 Å². The monoisotopic (exact) mass is 578 g/mol. The minimum absolute atomic E-state index is 1.04. The maximum Gasteiger partial charge on any atom is 0.124 e. The van der Waals surface area contributed by atoms with E-state index in [9.17, 15) is 0 Å². The molecule has 0 bridgehead atoms. The highest BCUT2D eigenvalue weighted by molar-refractivity contribution is 7.25. The minimum Gasteiger partial charge on any atom is -0.308 e. The van der Waals surface area contributed by atoms with E-state index in [-0.39, 0.29) is 0 Å². The van der Waals surface area contributed by atoms with Crippen LogP contribution in [0.5, 0.6) is 0 Å². The number of hydrogen-bond acceptors (Lipinski definition) is 3. The van der Waals surface area contributed by atoms with E-state index in [2.05, 4.69) is 157 Å². The van der Waals surface area contributed by atoms with Crippen molar-refractivity contribution in [3.8, 4) is 11.1 Å². The molecule has 9 rings (SSSR count). The number of fused-ring (bicyclic) bond motifs is 8. The molecular formula is C41H26N2S. The third-order valence-corrected chi connectivity index (χ3v) is 9.79. The Bertz CT molecular complexity index is 2490. The van der Waals surface area contributed by atoms with Crippen molar-refractivity contribution in [3.05, 3.63) is 158 Å². The van der Waals surface area contributed by atoms with Gasteiger partial charge in [0.05, 0.1) is 17.6 Å². The summed E-state index contributed by atoms with van der Waals surface area (Å²) in [6.45, 7) is 0. The van der Waals surface area contributed by atoms with Crippen molar-refractivity contribution in [1.82, 2.24) is 4.98 Å². The largest absolute Gasteiger partial charge is 0.308 e. The first kappa shape index (κ1) is 25.0. The van der Waals surface area contributed by atoms with Crippen LogP contribution in [0.3, 0.4) is 0 Å². The molecule has 0 saturated carbocycles. The van der Waals surface area contributed by atoms with Gasteiger partial charge >= 0.3 is 0 Å². The molecule has 0 spiro atoms. The van der Waals surface area contributed by atoms with Gasteiger partial charge in [-0.05, 0) is 68.4 Å². The number of benzene rings is 7. The van der Waals surface area contributed by atoms with E-state index >= 15 is 0 Å². The zero-order valence-electron chi connectivity index (χ0n) is 23.8. The second-order valence-electron chi connectivity index (χ2n) is 11.2. The summed E-state index contributed by atoms with van der Waals surface area (Å²) in [5.41, 5.74) is 5.67. The second-order valence-corrected chi connectivity index (χ2v) is 12.2. The van der Waals surface area contributed by atoms with Crippen molar-refractivity contribution >= 4 is 81.0 Å². The minimum atomic E-state index is 1.04. The lowest BCUT2D eigenvalue weighted by Crippen LogP contribution is -2.11. The first-order valence-electron chi connectivity index (χ1n) is 14.9. The average Bonchev–Trinajstić information content (AvgIpc) is 3.47. The number of nitrogens with zero attached hydrogens (tertiary/aromatic N) is 2. The third kappa shape index (κ3) is 3.98. The van der Waals surface area contributed by atoms with Crippen LogP contribution >= 0.6 is 11.3 Å². The maximum atomic E-state index is 5.02. The maximum absolute atomic E-state index is 5.02. The van der Waals surface area contributed by atoms with Gasteiger partial charge in [0.25, 0.3) is 0 Å². The Morgan fingerprint density at radius 3 is 1.93 bits per heavy atom. The number of thiophene rings is 1. The van der Waals surface area contributed by atoms with E-state index in [0.29, 0.717) is 0 Å². The van der Waals surface area contributed by atoms with E-state index in [0.717, 1.165) is 21.9 Å². The van der Waals surface area contributed by atoms with Gasteiger partial charge in [0.2, 0.25) is 0 Å². The molecule has 2 heterocycles. The van der Waals surface area contributed by atoms with E-state index in [1.807, 2.05) is 6.20 Å². The molecule has 0 N–H and O–H groups in total. The van der Waals surface area contributed by atoms with Crippen molar-refractivity contribution in [2.75, 3.05) is 4.90 Å². The molecule has 3 heteroatoms. The highest BCUT2D eigenvalue weighted by Crippen LogP contribution is 2.45. The van der Waals surface area contributed by atoms with E-state index in [1.54, 1.807) is 11.3 Å². The molecule has 44 heavy (non-hydrogen) atoms. The van der Waals surface area contributed by atoms with Crippen molar-refractivity contribution in [1.29, 1.82) is 0 Å². The average molecular weight is 579 g/mol. The van der Waals surface area contributed by atoms with Gasteiger partial charge in [-0.15, -0.1) is 11.3 Å². The molecule has 0 saturated heterocycles. The third-order valence-electron chi connectivity index (χ3n) is 8.70. The summed E-state index contributed by atoms with van der Waals surface area (Å²) in [5, 5.41) is 9.89. The lowest BCUT2D eigenvalue weighted by atomic mass is 9.95. The molecule has 0 fully saturated rings. The lowest BCUT2D eigenvalue weighted by molar-refractivity contribution is 1.27. The van der Waals surface area contributed by atoms with Gasteiger partial charge in [0, 0.05) is 26.5 Å². The van der Waals surface area contributed by atoms with Crippen LogP contribution in [0.2, 0.25) is 0 Å². The zero-order valence-corrected chi connectivity index (χ0v) is 24.6. The predicted molar refractivity (Wildman–Crippen MR) is 190 cm³/mol. The van der Waals surface area contributed by atoms with Gasteiger partial charge in [-0.25, -0.2) is 4.98 Å². The summed E-state index contributed by atoms with van der Waals surface area (Å²) < 4.78 is 1.26. The van der Waals surface area contributed by atoms with E-state index < -0.39 is 0 Å². The Hall–Kier alpha value is -5.51. The molecule has 2 nitrogen and oxygen atoms in total. The molecule has 0 aliphatic carbocycles. The number of aromatic nitrogens is 1. The summed E-state index contributed by atoms with van der Waals surface area (Å²) in [7, 11) is 0. The first-order chi connectivity index (χ1) is 21.8. The molecule has 7 aromatic carbocycles. The van der Waals surface area contributed by atoms with Crippen LogP contribution in [0.1, 0.15) is 0 Å². The topological polar surface area (TPSA) is 16.1 Å². The van der Waals surface area contributed by atoms with E-state index in [1.165, 1.54) is 58.9 Å². The lowest BCUT2D eigenvalue weighted by Gasteiger charge is -2.28. The normalized spacial score (nSPS) is 11.6. The Labute approximate surface area is 259 Å². The SMILES string of the molecule is c1ccc(-c2ccc(N(c3cnc4sc5ccccc5c4c3)c3cc4c5ccccc5ccc4c4ccccc34)cc2)cc1. The number of hydrogen-bond donors (Lipinski definition) is 0. The summed E-state index contributed by atoms with van der Waals surface area (Å²) in [6.07, 6.45) is 2.03. The molecule has 0 radical (unpaired) electrons. The number of pyridine rings is 1. The summed E-state index contributed by atoms with van der Waals surface area (Å²) in [5.74, 6) is 0. The standard InChI is InChI=1S/C41H26N2S/c1-2-10-27(11-3-1)28-18-21-30(22-19-28)43(31-24-38-36-16-8-9-17-40(36)44-41(38)42-26-31)39-25-37-32-13-5-4-12-29(32)20-23-34(37)33-14-6-7-15-35(33)39/h1-26H. The smallest absolute Gasteiger partial charge is 0.124 e. The van der Waals surface area contributed by atoms with Gasteiger partial charge in [0.1, 0.15) is 4.83 Å². The van der Waals surface area contributed by atoms with Gasteiger partial charge in [-0.1, -0.05) is 121 Å². The molecule has 206 valence electrons. The highest BCUT2D eigenvalue weighted by Gasteiger charge is 2.20. The van der Waals surface area contributed by atoms with Crippen LogP contribution in [0.4, 0.5) is 17.1 Å². The fourth-order valence-corrected chi connectivity index (χ4v) is 7.63. The Balaban J connectivity index is 1.34. The Morgan fingerprint density at radius 2 is 1.09 bits per heavy atom. The van der Waals surface area contributed by atoms with Crippen LogP contribution in [0.15, 0.2) is 158 Å². The highest BCUT2D eigenvalue weighted by atomic mass is 32.1. The fraction of sp³-hybridized carbons (Fsp3) is 0. The first-order valence-corrected chi connectivity index (χ1v) is 15.7. The fourth-order valence-electron chi connectivity index (χ4n) is 6.61. The number of anilines is 3. The quantitative estimate of drug-likeness (QED) is 0.193. The van der Waals surface area contributed by atoms with Gasteiger partial charge < -0.3 is 4.90 Å². The van der Waals surface area contributed by atoms with Crippen molar-refractivity contribution in [2.45, 2.75) is 0 Å². The van der Waals surface area contributed by atoms with Crippen LogP contribution < -0.4 is 4.90 Å². The summed E-state index contributed by atoms with van der Waals surface area (Å²) in [4.78, 5) is 8.47. The van der Waals surface area contributed by atoms with Gasteiger partial charge in [-0.2, -0.15) is 0 Å². The summed E-state index contributed by atoms with van der Waals surface area (Å²) >= 11 is 1.75. The van der Waals surface area contributed by atoms with Crippen LogP contribution in [-0.2, 0) is 0 Å². The van der Waals surface area contributed by atoms with Crippen LogP contribution in [-0.4, -0.2) is 4.98 Å². The molecule has 2 aromatic heterocycles. The van der Waals surface area contributed by atoms with E-state index in [4.69, 9.17) is 4.98 Å². The molecule has 0 aliphatic rings. The predicted octanol–water partition coefficient (Wildman–Crippen LogP) is 12.0.